The molecule has 1 heterocycles. The van der Waals surface area contributed by atoms with Crippen molar-refractivity contribution in [3.63, 3.8) is 0 Å². The van der Waals surface area contributed by atoms with Gasteiger partial charge in [0.1, 0.15) is 0 Å². The van der Waals surface area contributed by atoms with Crippen LogP contribution in [0, 0.1) is 0 Å². The highest BCUT2D eigenvalue weighted by molar-refractivity contribution is 5.80. The van der Waals surface area contributed by atoms with Crippen LogP contribution in [0.5, 0.6) is 0 Å². The number of amides is 1. The van der Waals surface area contributed by atoms with Crippen LogP contribution in [0.1, 0.15) is 29.6 Å². The van der Waals surface area contributed by atoms with Crippen molar-refractivity contribution in [2.75, 3.05) is 7.05 Å². The van der Waals surface area contributed by atoms with E-state index in [4.69, 9.17) is 0 Å². The normalized spacial score (nSPS) is 20.7. The number of aliphatic hydroxyl groups is 1. The Kier molecular flexibility index (Phi) is 4.78. The number of nitrogens with zero attached hydrogens (tertiary/aromatic N) is 1. The van der Waals surface area contributed by atoms with Crippen molar-refractivity contribution in [3.05, 3.63) is 96.1 Å². The molecule has 3 heteroatoms. The minimum Gasteiger partial charge on any atom is -0.386 e. The third-order valence-electron chi connectivity index (χ3n) is 5.53. The SMILES string of the molecule is CN1C(=O)C[C@H](c2ccccc2)[C@@H]1[C@@H](O)c1cccc(-c2ccccc2)c1. The van der Waals surface area contributed by atoms with Gasteiger partial charge in [0.2, 0.25) is 5.91 Å². The first-order valence-corrected chi connectivity index (χ1v) is 9.29. The van der Waals surface area contributed by atoms with Gasteiger partial charge in [-0.1, -0.05) is 78.9 Å². The highest BCUT2D eigenvalue weighted by Gasteiger charge is 2.42. The van der Waals surface area contributed by atoms with Crippen molar-refractivity contribution in [2.24, 2.45) is 0 Å². The molecule has 0 unspecified atom stereocenters. The summed E-state index contributed by atoms with van der Waals surface area (Å²) in [4.78, 5) is 14.1. The van der Waals surface area contributed by atoms with E-state index in [1.165, 1.54) is 0 Å². The molecule has 1 aliphatic heterocycles. The van der Waals surface area contributed by atoms with Crippen LogP contribution in [-0.4, -0.2) is 29.0 Å². The summed E-state index contributed by atoms with van der Waals surface area (Å²) in [7, 11) is 1.79. The van der Waals surface area contributed by atoms with Gasteiger partial charge in [-0.3, -0.25) is 4.79 Å². The van der Waals surface area contributed by atoms with Crippen molar-refractivity contribution < 1.29 is 9.90 Å². The number of hydrogen-bond acceptors (Lipinski definition) is 2. The highest BCUT2D eigenvalue weighted by atomic mass is 16.3. The highest BCUT2D eigenvalue weighted by Crippen LogP contribution is 2.40. The van der Waals surface area contributed by atoms with Crippen LogP contribution in [0.3, 0.4) is 0 Å². The summed E-state index contributed by atoms with van der Waals surface area (Å²) >= 11 is 0. The average Bonchev–Trinajstić information content (AvgIpc) is 3.03. The lowest BCUT2D eigenvalue weighted by atomic mass is 9.86. The predicted octanol–water partition coefficient (Wildman–Crippen LogP) is 4.40. The van der Waals surface area contributed by atoms with Crippen molar-refractivity contribution in [3.8, 4) is 11.1 Å². The molecule has 3 aromatic rings. The molecule has 1 fully saturated rings. The minimum atomic E-state index is -0.740. The Balaban J connectivity index is 1.68. The number of likely N-dealkylation sites (tertiary alicyclic amines) is 1. The second-order valence-corrected chi connectivity index (χ2v) is 7.15. The Morgan fingerprint density at radius 2 is 1.52 bits per heavy atom. The summed E-state index contributed by atoms with van der Waals surface area (Å²) in [5.41, 5.74) is 4.11. The summed E-state index contributed by atoms with van der Waals surface area (Å²) in [6.07, 6.45) is -0.309. The zero-order chi connectivity index (χ0) is 18.8. The van der Waals surface area contributed by atoms with E-state index >= 15 is 0 Å². The van der Waals surface area contributed by atoms with Gasteiger partial charge < -0.3 is 10.0 Å². The Morgan fingerprint density at radius 1 is 0.889 bits per heavy atom. The molecule has 0 saturated carbocycles. The van der Waals surface area contributed by atoms with Crippen molar-refractivity contribution in [1.82, 2.24) is 4.90 Å². The van der Waals surface area contributed by atoms with Gasteiger partial charge in [-0.05, 0) is 28.3 Å². The Morgan fingerprint density at radius 3 is 2.22 bits per heavy atom. The van der Waals surface area contributed by atoms with Gasteiger partial charge in [-0.25, -0.2) is 0 Å². The number of benzene rings is 3. The molecule has 1 N–H and O–H groups in total. The van der Waals surface area contributed by atoms with Gasteiger partial charge in [-0.2, -0.15) is 0 Å². The molecule has 1 saturated heterocycles. The van der Waals surface area contributed by atoms with Crippen molar-refractivity contribution >= 4 is 5.91 Å². The third kappa shape index (κ3) is 3.38. The van der Waals surface area contributed by atoms with Gasteiger partial charge in [0.15, 0.2) is 0 Å². The Bertz CT molecular complexity index is 923. The lowest BCUT2D eigenvalue weighted by Gasteiger charge is -2.30. The number of likely N-dealkylation sites (N-methyl/N-ethyl adjacent to an activating group) is 1. The second kappa shape index (κ2) is 7.37. The first-order chi connectivity index (χ1) is 13.1. The monoisotopic (exact) mass is 357 g/mol. The van der Waals surface area contributed by atoms with E-state index < -0.39 is 6.10 Å². The standard InChI is InChI=1S/C24H23NO2/c1-25-22(26)16-21(18-11-6-3-7-12-18)23(25)24(27)20-14-8-13-19(15-20)17-9-4-2-5-10-17/h2-15,21,23-24,27H,16H2,1H3/t21-,23-,24+/m1/s1. The molecule has 3 aromatic carbocycles. The lowest BCUT2D eigenvalue weighted by molar-refractivity contribution is -0.128. The van der Waals surface area contributed by atoms with Crippen LogP contribution >= 0.6 is 0 Å². The smallest absolute Gasteiger partial charge is 0.223 e. The summed E-state index contributed by atoms with van der Waals surface area (Å²) in [6, 6.07) is 27.8. The molecule has 0 spiro atoms. The zero-order valence-electron chi connectivity index (χ0n) is 15.3. The summed E-state index contributed by atoms with van der Waals surface area (Å²) in [5.74, 6) is 0.0613. The maximum Gasteiger partial charge on any atom is 0.223 e. The molecule has 1 amide bonds. The second-order valence-electron chi connectivity index (χ2n) is 7.15. The summed E-state index contributed by atoms with van der Waals surface area (Å²) < 4.78 is 0. The summed E-state index contributed by atoms with van der Waals surface area (Å²) in [6.45, 7) is 0. The van der Waals surface area contributed by atoms with Gasteiger partial charge >= 0.3 is 0 Å². The topological polar surface area (TPSA) is 40.5 Å². The first kappa shape index (κ1) is 17.5. The van der Waals surface area contributed by atoms with Gasteiger partial charge in [0.25, 0.3) is 0 Å². The largest absolute Gasteiger partial charge is 0.386 e. The molecular formula is C24H23NO2. The third-order valence-corrected chi connectivity index (χ3v) is 5.53. The Hall–Kier alpha value is -2.91. The molecule has 0 bridgehead atoms. The van der Waals surface area contributed by atoms with E-state index in [0.29, 0.717) is 6.42 Å². The molecule has 0 aliphatic carbocycles. The quantitative estimate of drug-likeness (QED) is 0.752. The molecule has 3 atom stereocenters. The van der Waals surface area contributed by atoms with E-state index in [0.717, 1.165) is 22.3 Å². The van der Waals surface area contributed by atoms with Crippen LogP contribution in [0.15, 0.2) is 84.9 Å². The molecule has 4 rings (SSSR count). The van der Waals surface area contributed by atoms with Crippen LogP contribution in [0.4, 0.5) is 0 Å². The number of carbonyl (C=O) groups is 1. The predicted molar refractivity (Wildman–Crippen MR) is 107 cm³/mol. The van der Waals surface area contributed by atoms with Crippen LogP contribution in [0.25, 0.3) is 11.1 Å². The van der Waals surface area contributed by atoms with Crippen molar-refractivity contribution in [2.45, 2.75) is 24.5 Å². The maximum absolute atomic E-state index is 12.4. The lowest BCUT2D eigenvalue weighted by Crippen LogP contribution is -2.36. The van der Waals surface area contributed by atoms with Crippen LogP contribution in [-0.2, 0) is 4.79 Å². The fraction of sp³-hybridized carbons (Fsp3) is 0.208. The zero-order valence-corrected chi connectivity index (χ0v) is 15.3. The number of hydrogen-bond donors (Lipinski definition) is 1. The molecule has 27 heavy (non-hydrogen) atoms. The molecular weight excluding hydrogens is 334 g/mol. The number of carbonyl (C=O) groups excluding carboxylic acids is 1. The first-order valence-electron chi connectivity index (χ1n) is 9.29. The van der Waals surface area contributed by atoms with Gasteiger partial charge in [-0.15, -0.1) is 0 Å². The number of aliphatic hydroxyl groups excluding tert-OH is 1. The molecule has 136 valence electrons. The summed E-state index contributed by atoms with van der Waals surface area (Å²) in [5, 5.41) is 11.2. The molecule has 3 nitrogen and oxygen atoms in total. The van der Waals surface area contributed by atoms with E-state index in [9.17, 15) is 9.90 Å². The maximum atomic E-state index is 12.4. The number of rotatable bonds is 4. The average molecular weight is 357 g/mol. The fourth-order valence-corrected chi connectivity index (χ4v) is 4.07. The Labute approximate surface area is 159 Å². The van der Waals surface area contributed by atoms with E-state index in [2.05, 4.69) is 12.1 Å². The van der Waals surface area contributed by atoms with E-state index in [1.54, 1.807) is 11.9 Å². The van der Waals surface area contributed by atoms with Crippen molar-refractivity contribution in [1.29, 1.82) is 0 Å². The van der Waals surface area contributed by atoms with Crippen LogP contribution < -0.4 is 0 Å². The van der Waals surface area contributed by atoms with Gasteiger partial charge in [0.05, 0.1) is 12.1 Å². The molecule has 0 aromatic heterocycles. The molecule has 1 aliphatic rings. The van der Waals surface area contributed by atoms with E-state index in [-0.39, 0.29) is 17.9 Å². The fourth-order valence-electron chi connectivity index (χ4n) is 4.07. The molecule has 0 radical (unpaired) electrons. The van der Waals surface area contributed by atoms with E-state index in [1.807, 2.05) is 72.8 Å². The van der Waals surface area contributed by atoms with Gasteiger partial charge in [0, 0.05) is 19.4 Å². The minimum absolute atomic E-state index is 0.0147. The van der Waals surface area contributed by atoms with Crippen LogP contribution in [0.2, 0.25) is 0 Å².